The van der Waals surface area contributed by atoms with Crippen LogP contribution in [0.25, 0.3) is 0 Å². The molecule has 2 heterocycles. The number of rotatable bonds is 1. The smallest absolute Gasteiger partial charge is 0.264 e. The number of nitrogen functional groups attached to an aromatic ring is 1. The molecular formula is C13H11N3O4. The van der Waals surface area contributed by atoms with Crippen molar-refractivity contribution in [2.75, 3.05) is 5.73 Å². The van der Waals surface area contributed by atoms with Crippen molar-refractivity contribution in [2.45, 2.75) is 18.8 Å². The lowest BCUT2D eigenvalue weighted by atomic mass is 10.0. The second-order valence-corrected chi connectivity index (χ2v) is 3.87. The Balaban J connectivity index is 2.31. The van der Waals surface area contributed by atoms with Crippen molar-refractivity contribution >= 4 is 29.3 Å². The van der Waals surface area contributed by atoms with E-state index < -0.39 is 77.3 Å². The summed E-state index contributed by atoms with van der Waals surface area (Å²) >= 11 is 0. The van der Waals surface area contributed by atoms with E-state index in [9.17, 15) is 19.2 Å². The highest BCUT2D eigenvalue weighted by atomic mass is 16.2. The van der Waals surface area contributed by atoms with Crippen molar-refractivity contribution in [1.29, 1.82) is 0 Å². The Bertz CT molecular complexity index is 963. The quantitative estimate of drug-likeness (QED) is 0.541. The molecule has 7 heteroatoms. The van der Waals surface area contributed by atoms with Gasteiger partial charge in [0.15, 0.2) is 0 Å². The van der Waals surface area contributed by atoms with Gasteiger partial charge < -0.3 is 5.73 Å². The first-order chi connectivity index (χ1) is 12.6. The van der Waals surface area contributed by atoms with Gasteiger partial charge in [-0.25, -0.2) is 0 Å². The summed E-state index contributed by atoms with van der Waals surface area (Å²) in [6, 6.07) is -6.03. The summed E-state index contributed by atoms with van der Waals surface area (Å²) in [5.41, 5.74) is 3.34. The Morgan fingerprint density at radius 1 is 1.35 bits per heavy atom. The molecule has 1 unspecified atom stereocenters. The van der Waals surface area contributed by atoms with Crippen LogP contribution in [0.5, 0.6) is 0 Å². The standard InChI is InChI=1S/C13H11N3O4/c14-7-3-1-2-6-10(7)13(20)16(12(6)19)8-4-5-9(17)15-11(8)18/h1-3,8H,4-5,14H2,(H,15,17,18)/i1D,2D,3D,4D2,5D2,8D. The molecule has 1 atom stereocenters. The fourth-order valence-corrected chi connectivity index (χ4v) is 1.85. The SMILES string of the molecule is [2H]c1c([2H])c(N)c2c(c1[2H])C(=O)N(C1([2H])C(=O)NC(=O)C([2H])([2H])C1([2H])[2H])C2=O. The van der Waals surface area contributed by atoms with Gasteiger partial charge in [-0.05, 0) is 18.5 Å². The monoisotopic (exact) mass is 281 g/mol. The molecule has 0 aromatic heterocycles. The number of nitrogens with two attached hydrogens (primary N) is 1. The summed E-state index contributed by atoms with van der Waals surface area (Å²) in [7, 11) is 0. The summed E-state index contributed by atoms with van der Waals surface area (Å²) in [6.07, 6.45) is -7.16. The predicted octanol–water partition coefficient (Wildman–Crippen LogP) is -0.330. The molecule has 3 N–H and O–H groups in total. The molecule has 0 aliphatic carbocycles. The van der Waals surface area contributed by atoms with Gasteiger partial charge in [-0.3, -0.25) is 29.4 Å². The van der Waals surface area contributed by atoms with Crippen molar-refractivity contribution in [3.63, 3.8) is 0 Å². The molecule has 0 radical (unpaired) electrons. The molecule has 0 saturated carbocycles. The van der Waals surface area contributed by atoms with E-state index >= 15 is 0 Å². The van der Waals surface area contributed by atoms with Gasteiger partial charge in [0.05, 0.1) is 16.6 Å². The largest absolute Gasteiger partial charge is 0.398 e. The van der Waals surface area contributed by atoms with E-state index in [1.54, 1.807) is 0 Å². The van der Waals surface area contributed by atoms with Gasteiger partial charge in [0.1, 0.15) is 6.02 Å². The van der Waals surface area contributed by atoms with E-state index in [0.717, 1.165) is 0 Å². The minimum atomic E-state index is -3.68. The van der Waals surface area contributed by atoms with Gasteiger partial charge in [-0.1, -0.05) is 6.04 Å². The summed E-state index contributed by atoms with van der Waals surface area (Å²) in [6.45, 7) is 0. The Hall–Kier alpha value is -2.70. The van der Waals surface area contributed by atoms with Crippen molar-refractivity contribution in [3.05, 3.63) is 29.3 Å². The number of imide groups is 2. The van der Waals surface area contributed by atoms with Crippen LogP contribution < -0.4 is 11.1 Å². The second kappa shape index (κ2) is 4.16. The van der Waals surface area contributed by atoms with E-state index in [1.165, 1.54) is 5.32 Å². The molecule has 3 rings (SSSR count). The molecule has 102 valence electrons. The van der Waals surface area contributed by atoms with Crippen molar-refractivity contribution in [1.82, 2.24) is 10.2 Å². The number of carbonyl (C=O) groups excluding carboxylic acids is 4. The molecule has 2 aliphatic heterocycles. The van der Waals surface area contributed by atoms with Crippen LogP contribution in [0.2, 0.25) is 0 Å². The number of benzene rings is 1. The van der Waals surface area contributed by atoms with Crippen LogP contribution in [-0.4, -0.2) is 34.5 Å². The van der Waals surface area contributed by atoms with Gasteiger partial charge in [-0.15, -0.1) is 0 Å². The zero-order valence-corrected chi connectivity index (χ0v) is 9.66. The summed E-state index contributed by atoms with van der Waals surface area (Å²) in [4.78, 5) is 49.4. The number of carbonyl (C=O) groups is 4. The van der Waals surface area contributed by atoms with E-state index in [4.69, 9.17) is 16.7 Å². The van der Waals surface area contributed by atoms with E-state index in [2.05, 4.69) is 0 Å². The van der Waals surface area contributed by atoms with Crippen LogP contribution in [0.3, 0.4) is 0 Å². The Labute approximate surface area is 125 Å². The fourth-order valence-electron chi connectivity index (χ4n) is 1.85. The number of fused-ring (bicyclic) bond motifs is 1. The zero-order valence-electron chi connectivity index (χ0n) is 17.7. The molecule has 1 fully saturated rings. The van der Waals surface area contributed by atoms with Crippen LogP contribution in [0, 0.1) is 0 Å². The number of piperidine rings is 1. The van der Waals surface area contributed by atoms with Gasteiger partial charge in [0, 0.05) is 17.5 Å². The number of hydrogen-bond acceptors (Lipinski definition) is 5. The highest BCUT2D eigenvalue weighted by Crippen LogP contribution is 2.30. The number of amides is 4. The van der Waals surface area contributed by atoms with E-state index in [1.807, 2.05) is 0 Å². The number of hydrogen-bond donors (Lipinski definition) is 2. The molecule has 1 aromatic rings. The Morgan fingerprint density at radius 3 is 2.85 bits per heavy atom. The van der Waals surface area contributed by atoms with E-state index in [0.29, 0.717) is 0 Å². The third kappa shape index (κ3) is 1.59. The highest BCUT2D eigenvalue weighted by Gasteiger charge is 2.45. The lowest BCUT2D eigenvalue weighted by Crippen LogP contribution is -2.54. The maximum Gasteiger partial charge on any atom is 0.264 e. The number of nitrogens with one attached hydrogen (secondary N) is 1. The Kier molecular flexibility index (Phi) is 1.28. The maximum atomic E-state index is 12.8. The van der Waals surface area contributed by atoms with Crippen molar-refractivity contribution < 1.29 is 30.1 Å². The van der Waals surface area contributed by atoms with Crippen LogP contribution in [0.4, 0.5) is 5.69 Å². The fraction of sp³-hybridized carbons (Fsp3) is 0.231. The van der Waals surface area contributed by atoms with Gasteiger partial charge >= 0.3 is 0 Å². The molecular weight excluding hydrogens is 262 g/mol. The second-order valence-electron chi connectivity index (χ2n) is 3.87. The van der Waals surface area contributed by atoms with Crippen LogP contribution in [0.15, 0.2) is 18.1 Å². The zero-order chi connectivity index (χ0) is 21.6. The predicted molar refractivity (Wildman–Crippen MR) is 67.5 cm³/mol. The molecule has 7 nitrogen and oxygen atoms in total. The molecule has 1 aromatic carbocycles. The maximum absolute atomic E-state index is 12.8. The lowest BCUT2D eigenvalue weighted by Gasteiger charge is -2.27. The summed E-state index contributed by atoms with van der Waals surface area (Å²) in [5.74, 6) is -6.51. The highest BCUT2D eigenvalue weighted by molar-refractivity contribution is 6.25. The molecule has 0 bridgehead atoms. The third-order valence-corrected chi connectivity index (χ3v) is 2.70. The molecule has 20 heavy (non-hydrogen) atoms. The summed E-state index contributed by atoms with van der Waals surface area (Å²) in [5, 5.41) is 1.43. The van der Waals surface area contributed by atoms with E-state index in [-0.39, 0.29) is 4.90 Å². The first-order valence-corrected chi connectivity index (χ1v) is 5.28. The first-order valence-electron chi connectivity index (χ1n) is 9.28. The van der Waals surface area contributed by atoms with Crippen LogP contribution in [-0.2, 0) is 9.59 Å². The van der Waals surface area contributed by atoms with Gasteiger partial charge in [0.25, 0.3) is 11.8 Å². The van der Waals surface area contributed by atoms with Crippen molar-refractivity contribution in [2.24, 2.45) is 0 Å². The van der Waals surface area contributed by atoms with Gasteiger partial charge in [-0.2, -0.15) is 0 Å². The first kappa shape index (κ1) is 6.17. The average Bonchev–Trinajstić information content (AvgIpc) is 2.86. The topological polar surface area (TPSA) is 110 Å². The third-order valence-electron chi connectivity index (χ3n) is 2.70. The normalized spacial score (nSPS) is 36.5. The van der Waals surface area contributed by atoms with Gasteiger partial charge in [0.2, 0.25) is 11.8 Å². The summed E-state index contributed by atoms with van der Waals surface area (Å²) < 4.78 is 62.4. The number of nitrogens with zero attached hydrogens (tertiary/aromatic N) is 1. The molecule has 0 spiro atoms. The van der Waals surface area contributed by atoms with Crippen LogP contribution >= 0.6 is 0 Å². The molecule has 2 aliphatic rings. The lowest BCUT2D eigenvalue weighted by molar-refractivity contribution is -0.136. The molecule has 1 saturated heterocycles. The Morgan fingerprint density at radius 2 is 2.10 bits per heavy atom. The average molecular weight is 281 g/mol. The minimum absolute atomic E-state index is 0.232. The molecule has 4 amide bonds. The minimum Gasteiger partial charge on any atom is -0.398 e. The van der Waals surface area contributed by atoms with Crippen molar-refractivity contribution in [3.8, 4) is 0 Å². The number of anilines is 1. The van der Waals surface area contributed by atoms with Crippen LogP contribution in [0.1, 0.15) is 44.4 Å².